The molecule has 2 atom stereocenters. The van der Waals surface area contributed by atoms with Gasteiger partial charge in [-0.15, -0.1) is 0 Å². The lowest BCUT2D eigenvalue weighted by Gasteiger charge is -2.12. The molecule has 100 valence electrons. The standard InChI is InChI=1S/C12H18N2O3S/c1-9(18(16)8-7-17-2)12(15)14-11-5-3-10(13)4-6-11/h3-6,9H,7-8,13H2,1-2H3,(H,14,15). The Morgan fingerprint density at radius 3 is 2.61 bits per heavy atom. The largest absolute Gasteiger partial charge is 0.399 e. The molecule has 0 aliphatic rings. The van der Waals surface area contributed by atoms with Crippen molar-refractivity contribution < 1.29 is 13.7 Å². The third-order valence-corrected chi connectivity index (χ3v) is 4.00. The summed E-state index contributed by atoms with van der Waals surface area (Å²) in [6, 6.07) is 6.81. The van der Waals surface area contributed by atoms with Crippen molar-refractivity contribution in [2.45, 2.75) is 12.2 Å². The fourth-order valence-electron chi connectivity index (χ4n) is 1.27. The molecule has 1 amide bonds. The molecule has 0 fully saturated rings. The third kappa shape index (κ3) is 4.46. The molecule has 0 aliphatic heterocycles. The summed E-state index contributed by atoms with van der Waals surface area (Å²) >= 11 is 0. The second kappa shape index (κ2) is 7.13. The molecule has 0 radical (unpaired) electrons. The summed E-state index contributed by atoms with van der Waals surface area (Å²) in [4.78, 5) is 11.8. The van der Waals surface area contributed by atoms with Crippen molar-refractivity contribution >= 4 is 28.1 Å². The monoisotopic (exact) mass is 270 g/mol. The van der Waals surface area contributed by atoms with E-state index in [0.717, 1.165) is 0 Å². The first kappa shape index (κ1) is 14.7. The summed E-state index contributed by atoms with van der Waals surface area (Å²) in [6.45, 7) is 2.02. The minimum atomic E-state index is -1.23. The van der Waals surface area contributed by atoms with Crippen molar-refractivity contribution in [3.8, 4) is 0 Å². The van der Waals surface area contributed by atoms with Gasteiger partial charge in [-0.25, -0.2) is 0 Å². The maximum Gasteiger partial charge on any atom is 0.239 e. The number of amides is 1. The number of benzene rings is 1. The number of hydrogen-bond acceptors (Lipinski definition) is 4. The van der Waals surface area contributed by atoms with E-state index >= 15 is 0 Å². The second-order valence-corrected chi connectivity index (χ2v) is 5.71. The molecule has 2 unspecified atom stereocenters. The molecule has 6 heteroatoms. The van der Waals surface area contributed by atoms with Gasteiger partial charge >= 0.3 is 0 Å². The van der Waals surface area contributed by atoms with E-state index in [-0.39, 0.29) is 5.91 Å². The lowest BCUT2D eigenvalue weighted by molar-refractivity contribution is -0.115. The van der Waals surface area contributed by atoms with E-state index in [4.69, 9.17) is 10.5 Å². The van der Waals surface area contributed by atoms with Crippen LogP contribution in [-0.4, -0.2) is 34.8 Å². The number of rotatable bonds is 6. The number of hydrogen-bond donors (Lipinski definition) is 2. The Kier molecular flexibility index (Phi) is 5.80. The Morgan fingerprint density at radius 1 is 1.44 bits per heavy atom. The number of nitrogens with two attached hydrogens (primary N) is 1. The van der Waals surface area contributed by atoms with Gasteiger partial charge in [0.15, 0.2) is 0 Å². The molecule has 1 aromatic carbocycles. The fraction of sp³-hybridized carbons (Fsp3) is 0.417. The average Bonchev–Trinajstić information content (AvgIpc) is 2.37. The summed E-state index contributed by atoms with van der Waals surface area (Å²) in [5, 5.41) is 2.13. The summed E-state index contributed by atoms with van der Waals surface area (Å²) < 4.78 is 16.6. The van der Waals surface area contributed by atoms with Crippen LogP contribution in [0, 0.1) is 0 Å². The summed E-state index contributed by atoms with van der Waals surface area (Å²) in [5.74, 6) is 0.0847. The normalized spacial score (nSPS) is 13.9. The number of ether oxygens (including phenoxy) is 1. The van der Waals surface area contributed by atoms with Crippen LogP contribution in [0.15, 0.2) is 24.3 Å². The van der Waals surface area contributed by atoms with E-state index in [9.17, 15) is 9.00 Å². The van der Waals surface area contributed by atoms with Crippen LogP contribution >= 0.6 is 0 Å². The van der Waals surface area contributed by atoms with Gasteiger partial charge in [-0.2, -0.15) is 0 Å². The van der Waals surface area contributed by atoms with Crippen LogP contribution in [0.1, 0.15) is 6.92 Å². The first-order valence-electron chi connectivity index (χ1n) is 5.57. The van der Waals surface area contributed by atoms with Crippen molar-refractivity contribution in [2.75, 3.05) is 30.5 Å². The average molecular weight is 270 g/mol. The topological polar surface area (TPSA) is 81.4 Å². The molecule has 0 aromatic heterocycles. The van der Waals surface area contributed by atoms with E-state index in [1.807, 2.05) is 0 Å². The van der Waals surface area contributed by atoms with Gasteiger partial charge in [-0.3, -0.25) is 9.00 Å². The number of nitrogens with one attached hydrogen (secondary N) is 1. The van der Waals surface area contributed by atoms with Crippen molar-refractivity contribution in [2.24, 2.45) is 0 Å². The maximum absolute atomic E-state index is 11.8. The van der Waals surface area contributed by atoms with E-state index in [1.165, 1.54) is 7.11 Å². The summed E-state index contributed by atoms with van der Waals surface area (Å²) in [7, 11) is 0.303. The second-order valence-electron chi connectivity index (χ2n) is 3.83. The van der Waals surface area contributed by atoms with Crippen LogP contribution in [0.2, 0.25) is 0 Å². The third-order valence-electron chi connectivity index (χ3n) is 2.43. The number of methoxy groups -OCH3 is 1. The van der Waals surface area contributed by atoms with Gasteiger partial charge in [-0.05, 0) is 31.2 Å². The molecule has 0 spiro atoms. The zero-order valence-corrected chi connectivity index (χ0v) is 11.3. The lowest BCUT2D eigenvalue weighted by Crippen LogP contribution is -2.31. The quantitative estimate of drug-likeness (QED) is 0.755. The van der Waals surface area contributed by atoms with E-state index in [2.05, 4.69) is 5.32 Å². The van der Waals surface area contributed by atoms with Gasteiger partial charge in [0, 0.05) is 35.0 Å². The van der Waals surface area contributed by atoms with E-state index < -0.39 is 16.0 Å². The Balaban J connectivity index is 2.54. The van der Waals surface area contributed by atoms with Crippen LogP contribution in [-0.2, 0) is 20.3 Å². The van der Waals surface area contributed by atoms with Crippen LogP contribution in [0.5, 0.6) is 0 Å². The molecular weight excluding hydrogens is 252 g/mol. The van der Waals surface area contributed by atoms with Gasteiger partial charge in [0.25, 0.3) is 0 Å². The highest BCUT2D eigenvalue weighted by molar-refractivity contribution is 7.86. The molecule has 0 bridgehead atoms. The molecule has 5 nitrogen and oxygen atoms in total. The number of carbonyl (C=O) groups is 1. The number of nitrogen functional groups attached to an aromatic ring is 1. The summed E-state index contributed by atoms with van der Waals surface area (Å²) in [5.41, 5.74) is 6.82. The molecule has 0 saturated heterocycles. The van der Waals surface area contributed by atoms with Crippen LogP contribution in [0.3, 0.4) is 0 Å². The Labute approximate surface area is 109 Å². The van der Waals surface area contributed by atoms with Crippen molar-refractivity contribution in [1.82, 2.24) is 0 Å². The molecule has 18 heavy (non-hydrogen) atoms. The molecule has 3 N–H and O–H groups in total. The minimum absolute atomic E-state index is 0.269. The SMILES string of the molecule is COCCS(=O)C(C)C(=O)Nc1ccc(N)cc1. The Bertz CT molecular complexity index is 420. The van der Waals surface area contributed by atoms with Crippen molar-refractivity contribution in [3.63, 3.8) is 0 Å². The van der Waals surface area contributed by atoms with E-state index in [1.54, 1.807) is 31.2 Å². The molecule has 0 saturated carbocycles. The smallest absolute Gasteiger partial charge is 0.239 e. The zero-order chi connectivity index (χ0) is 13.5. The Morgan fingerprint density at radius 2 is 2.06 bits per heavy atom. The van der Waals surface area contributed by atoms with Crippen molar-refractivity contribution in [1.29, 1.82) is 0 Å². The number of anilines is 2. The first-order valence-corrected chi connectivity index (χ1v) is 6.95. The highest BCUT2D eigenvalue weighted by atomic mass is 32.2. The number of carbonyl (C=O) groups excluding carboxylic acids is 1. The van der Waals surface area contributed by atoms with Gasteiger partial charge in [0.1, 0.15) is 5.25 Å². The zero-order valence-electron chi connectivity index (χ0n) is 10.5. The molecule has 1 rings (SSSR count). The molecule has 1 aromatic rings. The summed E-state index contributed by atoms with van der Waals surface area (Å²) in [6.07, 6.45) is 0. The predicted molar refractivity (Wildman–Crippen MR) is 73.8 cm³/mol. The van der Waals surface area contributed by atoms with Crippen LogP contribution in [0.4, 0.5) is 11.4 Å². The first-order chi connectivity index (χ1) is 8.54. The highest BCUT2D eigenvalue weighted by Gasteiger charge is 2.19. The molecular formula is C12H18N2O3S. The maximum atomic E-state index is 11.8. The van der Waals surface area contributed by atoms with Gasteiger partial charge < -0.3 is 15.8 Å². The van der Waals surface area contributed by atoms with Gasteiger partial charge in [-0.1, -0.05) is 0 Å². The molecule has 0 heterocycles. The molecule has 0 aliphatic carbocycles. The van der Waals surface area contributed by atoms with Gasteiger partial charge in [0.05, 0.1) is 6.61 Å². The van der Waals surface area contributed by atoms with Crippen molar-refractivity contribution in [3.05, 3.63) is 24.3 Å². The lowest BCUT2D eigenvalue weighted by atomic mass is 10.3. The van der Waals surface area contributed by atoms with Crippen LogP contribution < -0.4 is 11.1 Å². The minimum Gasteiger partial charge on any atom is -0.399 e. The van der Waals surface area contributed by atoms with Crippen LogP contribution in [0.25, 0.3) is 0 Å². The predicted octanol–water partition coefficient (Wildman–Crippen LogP) is 0.991. The highest BCUT2D eigenvalue weighted by Crippen LogP contribution is 2.11. The fourth-order valence-corrected chi connectivity index (χ4v) is 2.25. The van der Waals surface area contributed by atoms with Gasteiger partial charge in [0.2, 0.25) is 5.91 Å². The van der Waals surface area contributed by atoms with E-state index in [0.29, 0.717) is 23.7 Å². The Hall–Kier alpha value is -1.40.